The van der Waals surface area contributed by atoms with Crippen LogP contribution >= 0.6 is 0 Å². The highest BCUT2D eigenvalue weighted by atomic mass is 16.7. The molecule has 14 nitrogen and oxygen atoms in total. The molecule has 2 amide bonds. The van der Waals surface area contributed by atoms with Crippen molar-refractivity contribution < 1.29 is 57.8 Å². The van der Waals surface area contributed by atoms with Crippen molar-refractivity contribution in [3.8, 4) is 11.5 Å². The van der Waals surface area contributed by atoms with Gasteiger partial charge in [-0.05, 0) is 89.5 Å². The molecule has 2 saturated heterocycles. The summed E-state index contributed by atoms with van der Waals surface area (Å²) in [6, 6.07) is 23.1. The number of methoxy groups -OCH3 is 2. The number of nitrogens with one attached hydrogen (secondary N) is 2. The molecule has 56 heavy (non-hydrogen) atoms. The first-order chi connectivity index (χ1) is 27.2. The van der Waals surface area contributed by atoms with Crippen LogP contribution in [0.5, 0.6) is 11.5 Å². The van der Waals surface area contributed by atoms with Crippen LogP contribution in [0.3, 0.4) is 0 Å². The van der Waals surface area contributed by atoms with Crippen molar-refractivity contribution in [1.29, 1.82) is 0 Å². The van der Waals surface area contributed by atoms with E-state index in [1.54, 1.807) is 84.9 Å². The Morgan fingerprint density at radius 2 is 1.18 bits per heavy atom. The predicted molar refractivity (Wildman–Crippen MR) is 204 cm³/mol. The normalized spacial score (nSPS) is 18.7. The Bertz CT molecular complexity index is 1960. The zero-order valence-corrected chi connectivity index (χ0v) is 30.5. The van der Waals surface area contributed by atoms with E-state index in [2.05, 4.69) is 10.6 Å². The highest BCUT2D eigenvalue weighted by Gasteiger charge is 2.51. The summed E-state index contributed by atoms with van der Waals surface area (Å²) in [7, 11) is 3.01. The first-order valence-electron chi connectivity index (χ1n) is 17.6. The van der Waals surface area contributed by atoms with Crippen molar-refractivity contribution in [1.82, 2.24) is 0 Å². The zero-order chi connectivity index (χ0) is 39.6. The fraction of sp³-hybridized carbons (Fsp3) is 0.238. The molecule has 0 spiro atoms. The predicted octanol–water partition coefficient (Wildman–Crippen LogP) is 4.54. The lowest BCUT2D eigenvalue weighted by Gasteiger charge is -2.16. The van der Waals surface area contributed by atoms with Crippen LogP contribution in [0.4, 0.5) is 11.4 Å². The van der Waals surface area contributed by atoms with Crippen molar-refractivity contribution >= 4 is 47.3 Å². The number of fused-ring (bicyclic) bond motifs is 1. The topological polar surface area (TPSA) is 188 Å². The third-order valence-electron chi connectivity index (χ3n) is 9.11. The largest absolute Gasteiger partial charge is 0.497 e. The van der Waals surface area contributed by atoms with E-state index >= 15 is 0 Å². The highest BCUT2D eigenvalue weighted by molar-refractivity contribution is 6.05. The molecule has 6 rings (SSSR count). The molecular weight excluding hydrogens is 724 g/mol. The Morgan fingerprint density at radius 1 is 0.661 bits per heavy atom. The summed E-state index contributed by atoms with van der Waals surface area (Å²) in [4.78, 5) is 50.9. The molecule has 0 unspecified atom stereocenters. The monoisotopic (exact) mass is 764 g/mol. The highest BCUT2D eigenvalue weighted by Crippen LogP contribution is 2.31. The van der Waals surface area contributed by atoms with Gasteiger partial charge in [0, 0.05) is 46.3 Å². The number of anilines is 2. The lowest BCUT2D eigenvalue weighted by molar-refractivity contribution is -0.149. The van der Waals surface area contributed by atoms with Gasteiger partial charge in [-0.1, -0.05) is 18.2 Å². The molecule has 4 aromatic carbocycles. The van der Waals surface area contributed by atoms with Crippen molar-refractivity contribution in [3.63, 3.8) is 0 Å². The number of esters is 2. The molecule has 14 heteroatoms. The van der Waals surface area contributed by atoms with E-state index in [-0.39, 0.29) is 38.2 Å². The Labute approximate surface area is 322 Å². The van der Waals surface area contributed by atoms with Crippen LogP contribution in [0.15, 0.2) is 97.1 Å². The lowest BCUT2D eigenvalue weighted by Crippen LogP contribution is -2.35. The Hall–Kier alpha value is -6.32. The maximum Gasteiger partial charge on any atom is 0.331 e. The number of carbonyl (C=O) groups is 4. The molecule has 0 saturated carbocycles. The van der Waals surface area contributed by atoms with Crippen molar-refractivity contribution in [3.05, 3.63) is 130 Å². The van der Waals surface area contributed by atoms with E-state index in [1.165, 1.54) is 38.5 Å². The fourth-order valence-corrected chi connectivity index (χ4v) is 6.14. The van der Waals surface area contributed by atoms with Gasteiger partial charge in [0.1, 0.15) is 23.7 Å². The van der Waals surface area contributed by atoms with Gasteiger partial charge >= 0.3 is 11.9 Å². The van der Waals surface area contributed by atoms with Crippen LogP contribution in [0.25, 0.3) is 12.2 Å². The molecule has 0 aromatic heterocycles. The number of hydrogen-bond acceptors (Lipinski definition) is 12. The van der Waals surface area contributed by atoms with Crippen LogP contribution in [-0.4, -0.2) is 85.8 Å². The van der Waals surface area contributed by atoms with Gasteiger partial charge in [0.25, 0.3) is 11.8 Å². The van der Waals surface area contributed by atoms with Gasteiger partial charge in [0.15, 0.2) is 12.2 Å². The molecule has 290 valence electrons. The maximum atomic E-state index is 12.8. The minimum absolute atomic E-state index is 0.0390. The Balaban J connectivity index is 0.983. The van der Waals surface area contributed by atoms with E-state index in [0.717, 1.165) is 0 Å². The summed E-state index contributed by atoms with van der Waals surface area (Å²) in [5.74, 6) is -0.952. The average Bonchev–Trinajstić information content (AvgIpc) is 3.82. The first-order valence-corrected chi connectivity index (χ1v) is 17.6. The number of amides is 2. The van der Waals surface area contributed by atoms with E-state index < -0.39 is 36.4 Å². The number of carbonyl (C=O) groups excluding carboxylic acids is 4. The van der Waals surface area contributed by atoms with E-state index in [4.69, 9.17) is 28.4 Å². The van der Waals surface area contributed by atoms with E-state index in [0.29, 0.717) is 56.3 Å². The zero-order valence-electron chi connectivity index (χ0n) is 30.5. The van der Waals surface area contributed by atoms with Crippen LogP contribution in [-0.2, 0) is 41.8 Å². The van der Waals surface area contributed by atoms with Gasteiger partial charge in [0.2, 0.25) is 0 Å². The van der Waals surface area contributed by atoms with Gasteiger partial charge in [-0.25, -0.2) is 9.59 Å². The van der Waals surface area contributed by atoms with E-state index in [1.807, 2.05) is 0 Å². The number of aliphatic hydroxyl groups excluding tert-OH is 2. The third-order valence-corrected chi connectivity index (χ3v) is 9.11. The number of rotatable bonds is 14. The Kier molecular flexibility index (Phi) is 12.9. The molecule has 4 N–H and O–H groups in total. The molecule has 4 atom stereocenters. The van der Waals surface area contributed by atoms with Crippen LogP contribution < -0.4 is 20.1 Å². The second-order valence-electron chi connectivity index (χ2n) is 12.7. The van der Waals surface area contributed by atoms with Crippen LogP contribution in [0.1, 0.15) is 43.0 Å². The van der Waals surface area contributed by atoms with Crippen LogP contribution in [0, 0.1) is 0 Å². The van der Waals surface area contributed by atoms with E-state index in [9.17, 15) is 29.4 Å². The summed E-state index contributed by atoms with van der Waals surface area (Å²) in [6.45, 7) is -0.377. The maximum absolute atomic E-state index is 12.8. The number of benzene rings is 4. The molecule has 2 fully saturated rings. The molecule has 2 heterocycles. The van der Waals surface area contributed by atoms with Crippen molar-refractivity contribution in [2.24, 2.45) is 0 Å². The summed E-state index contributed by atoms with van der Waals surface area (Å²) in [5, 5.41) is 24.8. The standard InChI is InChI=1S/C42H40N2O12/c1-51-33-15-9-29(10-16-33)42(50)43-31-13-7-26(30(19-31)22-46)11-17-37(47)55-35-23-53-40-36(24-54-39(35)40)56-38(48)18-12-27-8-14-32(20-34(27)52-2)44-41(49)28-5-3-25(21-45)4-6-28/h3-20,35-36,39-40,45-46H,21-24H2,1-2H3,(H,43,50)(H,44,49)/b17-11+,18-12+/t35-,36+,39-,40-/m1/s1. The Morgan fingerprint density at radius 3 is 1.70 bits per heavy atom. The molecule has 0 radical (unpaired) electrons. The third kappa shape index (κ3) is 9.67. The second-order valence-corrected chi connectivity index (χ2v) is 12.7. The minimum Gasteiger partial charge on any atom is -0.497 e. The molecular formula is C42H40N2O12. The van der Waals surface area contributed by atoms with Crippen molar-refractivity contribution in [2.75, 3.05) is 38.1 Å². The lowest BCUT2D eigenvalue weighted by atomic mass is 10.1. The quantitative estimate of drug-likeness (QED) is 0.104. The summed E-state index contributed by atoms with van der Waals surface area (Å²) >= 11 is 0. The number of hydrogen-bond donors (Lipinski definition) is 4. The minimum atomic E-state index is -0.743. The summed E-state index contributed by atoms with van der Waals surface area (Å²) in [6.07, 6.45) is 2.71. The van der Waals surface area contributed by atoms with Gasteiger partial charge < -0.3 is 49.3 Å². The van der Waals surface area contributed by atoms with Gasteiger partial charge in [-0.2, -0.15) is 0 Å². The van der Waals surface area contributed by atoms with Gasteiger partial charge in [-0.3, -0.25) is 9.59 Å². The fourth-order valence-electron chi connectivity index (χ4n) is 6.14. The molecule has 4 aromatic rings. The summed E-state index contributed by atoms with van der Waals surface area (Å²) < 4.78 is 33.4. The number of aliphatic hydroxyl groups is 2. The number of ether oxygens (including phenoxy) is 6. The first kappa shape index (κ1) is 39.4. The smallest absolute Gasteiger partial charge is 0.331 e. The molecule has 0 aliphatic carbocycles. The molecule has 2 aliphatic rings. The molecule has 2 aliphatic heterocycles. The SMILES string of the molecule is COc1ccc(C(=O)Nc2ccc(/C=C/C(=O)O[C@@H]3CO[C@H]4[C@@H]3OC[C@@H]4OC(=O)/C=C/c3ccc(NC(=O)c4ccc(CO)cc4)cc3OC)c(CO)c2)cc1. The van der Waals surface area contributed by atoms with Gasteiger partial charge in [0.05, 0.1) is 40.6 Å². The van der Waals surface area contributed by atoms with Crippen LogP contribution in [0.2, 0.25) is 0 Å². The van der Waals surface area contributed by atoms with Gasteiger partial charge in [-0.15, -0.1) is 0 Å². The summed E-state index contributed by atoms with van der Waals surface area (Å²) in [5.41, 5.74) is 4.08. The second kappa shape index (κ2) is 18.3. The average molecular weight is 765 g/mol. The molecule has 0 bridgehead atoms. The van der Waals surface area contributed by atoms with Crippen molar-refractivity contribution in [2.45, 2.75) is 37.6 Å².